The van der Waals surface area contributed by atoms with E-state index in [4.69, 9.17) is 0 Å². The number of esters is 1. The number of alkyl halides is 9. The van der Waals surface area contributed by atoms with Gasteiger partial charge in [-0.2, -0.15) is 39.5 Å². The molecule has 0 spiro atoms. The van der Waals surface area contributed by atoms with E-state index in [0.717, 1.165) is 6.92 Å². The van der Waals surface area contributed by atoms with Gasteiger partial charge in [0.25, 0.3) is 0 Å². The van der Waals surface area contributed by atoms with E-state index in [9.17, 15) is 44.3 Å². The summed E-state index contributed by atoms with van der Waals surface area (Å²) in [6.45, 7) is 5.81. The van der Waals surface area contributed by atoms with E-state index in [-0.39, 0.29) is 12.0 Å². The molecule has 1 atom stereocenters. The van der Waals surface area contributed by atoms with E-state index in [2.05, 4.69) is 11.3 Å². The van der Waals surface area contributed by atoms with Crippen LogP contribution in [0.1, 0.15) is 39.5 Å². The number of halogens is 9. The maximum Gasteiger partial charge on any atom is 0.460 e. The fourth-order valence-electron chi connectivity index (χ4n) is 1.71. The van der Waals surface area contributed by atoms with Crippen molar-refractivity contribution in [3.05, 3.63) is 12.2 Å². The summed E-state index contributed by atoms with van der Waals surface area (Å²) in [5.41, 5.74) is -0.280. The second kappa shape index (κ2) is 7.86. The minimum absolute atomic E-state index is 0.0887. The van der Waals surface area contributed by atoms with Crippen LogP contribution in [0.3, 0.4) is 0 Å². The molecule has 0 aliphatic rings. The van der Waals surface area contributed by atoms with E-state index in [1.807, 2.05) is 0 Å². The first-order valence-electron chi connectivity index (χ1n) is 7.08. The fourth-order valence-corrected chi connectivity index (χ4v) is 1.71. The van der Waals surface area contributed by atoms with Gasteiger partial charge in [0.05, 0.1) is 6.42 Å². The molecular formula is C14H17F9O2. The van der Waals surface area contributed by atoms with E-state index in [0.29, 0.717) is 6.42 Å². The molecule has 0 aliphatic heterocycles. The Morgan fingerprint density at radius 2 is 1.48 bits per heavy atom. The second-order valence-electron chi connectivity index (χ2n) is 5.50. The summed E-state index contributed by atoms with van der Waals surface area (Å²) in [6.07, 6.45) is -11.0. The Morgan fingerprint density at radius 1 is 1.00 bits per heavy atom. The quantitative estimate of drug-likeness (QED) is 0.295. The number of rotatable bonds is 9. The van der Waals surface area contributed by atoms with E-state index in [1.54, 1.807) is 6.92 Å². The largest absolute Gasteiger partial charge is 0.460 e. The van der Waals surface area contributed by atoms with Crippen LogP contribution in [-0.4, -0.2) is 36.0 Å². The predicted octanol–water partition coefficient (Wildman–Crippen LogP) is 5.52. The topological polar surface area (TPSA) is 26.3 Å². The Bertz CT molecular complexity index is 483. The van der Waals surface area contributed by atoms with Crippen molar-refractivity contribution in [3.63, 3.8) is 0 Å². The number of carbonyl (C=O) groups is 1. The Kier molecular flexibility index (Phi) is 7.41. The maximum absolute atomic E-state index is 13.6. The van der Waals surface area contributed by atoms with Gasteiger partial charge in [0, 0.05) is 5.57 Å². The Morgan fingerprint density at radius 3 is 1.84 bits per heavy atom. The minimum Gasteiger partial charge on any atom is -0.459 e. The first-order valence-corrected chi connectivity index (χ1v) is 7.08. The zero-order valence-corrected chi connectivity index (χ0v) is 13.3. The molecule has 25 heavy (non-hydrogen) atoms. The van der Waals surface area contributed by atoms with E-state index < -0.39 is 48.9 Å². The average Bonchev–Trinajstić information content (AvgIpc) is 2.42. The molecule has 0 aromatic carbocycles. The molecule has 0 aliphatic carbocycles. The summed E-state index contributed by atoms with van der Waals surface area (Å²) in [5, 5.41) is 0. The summed E-state index contributed by atoms with van der Waals surface area (Å²) in [4.78, 5) is 11.3. The molecule has 0 fully saturated rings. The van der Waals surface area contributed by atoms with Crippen molar-refractivity contribution in [1.29, 1.82) is 0 Å². The molecule has 0 rings (SSSR count). The average molecular weight is 388 g/mol. The fraction of sp³-hybridized carbons (Fsp3) is 0.786. The van der Waals surface area contributed by atoms with Crippen LogP contribution in [0.4, 0.5) is 39.5 Å². The van der Waals surface area contributed by atoms with Crippen LogP contribution in [0, 0.1) is 0 Å². The third-order valence-corrected chi connectivity index (χ3v) is 3.20. The van der Waals surface area contributed by atoms with Crippen molar-refractivity contribution in [2.75, 3.05) is 0 Å². The molecule has 0 heterocycles. The molecule has 0 amide bonds. The van der Waals surface area contributed by atoms with Crippen LogP contribution in [0.2, 0.25) is 0 Å². The highest BCUT2D eigenvalue weighted by atomic mass is 19.4. The molecule has 1 unspecified atom stereocenters. The van der Waals surface area contributed by atoms with Gasteiger partial charge in [0.15, 0.2) is 0 Å². The van der Waals surface area contributed by atoms with Crippen molar-refractivity contribution < 1.29 is 49.0 Å². The SMILES string of the molecule is C=C(C)C(=O)OC(CCCC)CC(F)(F)C(F)(F)C(F)(F)C(F)(F)F. The lowest BCUT2D eigenvalue weighted by Gasteiger charge is -2.35. The predicted molar refractivity (Wildman–Crippen MR) is 69.7 cm³/mol. The van der Waals surface area contributed by atoms with E-state index in [1.165, 1.54) is 0 Å². The normalized spacial score (nSPS) is 15.0. The van der Waals surface area contributed by atoms with Gasteiger partial charge < -0.3 is 4.74 Å². The molecule has 0 saturated carbocycles. The van der Waals surface area contributed by atoms with Crippen LogP contribution in [0.25, 0.3) is 0 Å². The van der Waals surface area contributed by atoms with Crippen LogP contribution < -0.4 is 0 Å². The van der Waals surface area contributed by atoms with Crippen molar-refractivity contribution in [2.24, 2.45) is 0 Å². The molecule has 11 heteroatoms. The zero-order chi connectivity index (χ0) is 20.3. The molecule has 148 valence electrons. The highest BCUT2D eigenvalue weighted by Gasteiger charge is 2.81. The molecule has 0 aromatic heterocycles. The Balaban J connectivity index is 5.55. The summed E-state index contributed by atoms with van der Waals surface area (Å²) in [7, 11) is 0. The second-order valence-corrected chi connectivity index (χ2v) is 5.50. The van der Waals surface area contributed by atoms with Crippen LogP contribution in [0.5, 0.6) is 0 Å². The number of hydrogen-bond donors (Lipinski definition) is 0. The van der Waals surface area contributed by atoms with Crippen LogP contribution >= 0.6 is 0 Å². The van der Waals surface area contributed by atoms with Gasteiger partial charge in [0.2, 0.25) is 0 Å². The number of carbonyl (C=O) groups excluding carboxylic acids is 1. The molecule has 0 aromatic rings. The summed E-state index contributed by atoms with van der Waals surface area (Å²) in [6, 6.07) is 0. The highest BCUT2D eigenvalue weighted by Crippen LogP contribution is 2.54. The van der Waals surface area contributed by atoms with Gasteiger partial charge in [-0.25, -0.2) is 4.79 Å². The lowest BCUT2D eigenvalue weighted by Crippen LogP contribution is -2.61. The molecule has 0 N–H and O–H groups in total. The molecule has 0 saturated heterocycles. The summed E-state index contributed by atoms with van der Waals surface area (Å²) in [5.74, 6) is -20.7. The first-order chi connectivity index (χ1) is 11.0. The highest BCUT2D eigenvalue weighted by molar-refractivity contribution is 5.87. The lowest BCUT2D eigenvalue weighted by atomic mass is 9.96. The van der Waals surface area contributed by atoms with Crippen LogP contribution in [-0.2, 0) is 9.53 Å². The van der Waals surface area contributed by atoms with Crippen LogP contribution in [0.15, 0.2) is 12.2 Å². The van der Waals surface area contributed by atoms with Crippen molar-refractivity contribution in [3.8, 4) is 0 Å². The van der Waals surface area contributed by atoms with Gasteiger partial charge in [-0.05, 0) is 13.3 Å². The molecular weight excluding hydrogens is 371 g/mol. The monoisotopic (exact) mass is 388 g/mol. The van der Waals surface area contributed by atoms with Gasteiger partial charge in [-0.3, -0.25) is 0 Å². The van der Waals surface area contributed by atoms with Gasteiger partial charge in [0.1, 0.15) is 6.10 Å². The molecule has 0 radical (unpaired) electrons. The smallest absolute Gasteiger partial charge is 0.459 e. The van der Waals surface area contributed by atoms with Crippen molar-refractivity contribution in [2.45, 2.75) is 69.6 Å². The Labute approximate surface area is 138 Å². The molecule has 2 nitrogen and oxygen atoms in total. The molecule has 0 bridgehead atoms. The number of unbranched alkanes of at least 4 members (excludes halogenated alkanes) is 1. The summed E-state index contributed by atoms with van der Waals surface area (Å²) >= 11 is 0. The number of hydrogen-bond acceptors (Lipinski definition) is 2. The maximum atomic E-state index is 13.6. The number of ether oxygens (including phenoxy) is 1. The van der Waals surface area contributed by atoms with E-state index >= 15 is 0 Å². The van der Waals surface area contributed by atoms with Crippen molar-refractivity contribution in [1.82, 2.24) is 0 Å². The van der Waals surface area contributed by atoms with Gasteiger partial charge >= 0.3 is 29.9 Å². The van der Waals surface area contributed by atoms with Crippen molar-refractivity contribution >= 4 is 5.97 Å². The third kappa shape index (κ3) is 5.27. The summed E-state index contributed by atoms with van der Waals surface area (Å²) < 4.78 is 120. The third-order valence-electron chi connectivity index (χ3n) is 3.20. The zero-order valence-electron chi connectivity index (χ0n) is 13.3. The lowest BCUT2D eigenvalue weighted by molar-refractivity contribution is -0.398. The Hall–Kier alpha value is -1.42. The standard InChI is InChI=1S/C14H17F9O2/c1-4-5-6-9(25-10(24)8(2)3)7-11(15,16)12(17,18)13(19,20)14(21,22)23/h9H,2,4-7H2,1,3H3. The minimum atomic E-state index is -6.96. The first kappa shape index (κ1) is 23.6. The van der Waals surface area contributed by atoms with Gasteiger partial charge in [-0.15, -0.1) is 0 Å². The van der Waals surface area contributed by atoms with Gasteiger partial charge in [-0.1, -0.05) is 26.3 Å².